The second-order valence-corrected chi connectivity index (χ2v) is 7.89. The van der Waals surface area contributed by atoms with E-state index < -0.39 is 24.0 Å². The highest BCUT2D eigenvalue weighted by atomic mass is 19.1. The molecule has 36 heavy (non-hydrogen) atoms. The number of aliphatic hydroxyl groups excluding tert-OH is 1. The van der Waals surface area contributed by atoms with Crippen LogP contribution < -0.4 is 16.1 Å². The first-order valence-electron chi connectivity index (χ1n) is 11.0. The summed E-state index contributed by atoms with van der Waals surface area (Å²) < 4.78 is 13.7. The average molecular weight is 492 g/mol. The molecule has 8 heteroatoms. The third-order valence-corrected chi connectivity index (χ3v) is 5.22. The molecule has 0 heterocycles. The van der Waals surface area contributed by atoms with Gasteiger partial charge in [0.1, 0.15) is 11.9 Å². The summed E-state index contributed by atoms with van der Waals surface area (Å²) in [6, 6.07) is 19.5. The molecule has 0 fully saturated rings. The summed E-state index contributed by atoms with van der Waals surface area (Å²) in [6.45, 7) is 2.37. The molecule has 3 rings (SSSR count). The molecule has 5 N–H and O–H groups in total. The van der Waals surface area contributed by atoms with Crippen molar-refractivity contribution in [2.24, 2.45) is 0 Å². The molecule has 0 spiro atoms. The Morgan fingerprint density at radius 2 is 1.50 bits per heavy atom. The van der Waals surface area contributed by atoms with E-state index in [1.165, 1.54) is 18.5 Å². The smallest absolute Gasteiger partial charge is 0.268 e. The van der Waals surface area contributed by atoms with Gasteiger partial charge in [0.2, 0.25) is 0 Å². The minimum absolute atomic E-state index is 0. The second kappa shape index (κ2) is 13.8. The summed E-state index contributed by atoms with van der Waals surface area (Å²) in [6.07, 6.45) is -1.19. The van der Waals surface area contributed by atoms with Gasteiger partial charge in [-0.15, -0.1) is 0 Å². The van der Waals surface area contributed by atoms with Gasteiger partial charge in [-0.1, -0.05) is 49.6 Å². The van der Waals surface area contributed by atoms with Crippen LogP contribution in [-0.2, 0) is 17.9 Å². The molecule has 3 aromatic rings. The van der Waals surface area contributed by atoms with E-state index >= 15 is 0 Å². The maximum atomic E-state index is 13.7. The molecule has 2 amide bonds. The summed E-state index contributed by atoms with van der Waals surface area (Å²) >= 11 is 0. The van der Waals surface area contributed by atoms with Crippen LogP contribution in [0.15, 0.2) is 72.8 Å². The Kier molecular flexibility index (Phi) is 10.8. The minimum atomic E-state index is -1.29. The second-order valence-electron chi connectivity index (χ2n) is 7.89. The number of amides is 2. The largest absolute Gasteiger partial charge is 0.391 e. The van der Waals surface area contributed by atoms with Crippen molar-refractivity contribution in [3.63, 3.8) is 0 Å². The SMILES string of the molecule is C.C[C@@H](O)[C@H](NC(=O)c1ccc(C#Cc2ccc(CNCc3ccccc3F)cc2)cc1)C(=O)NO. The van der Waals surface area contributed by atoms with Crippen LogP contribution in [0.1, 0.15) is 47.0 Å². The molecule has 0 aliphatic rings. The van der Waals surface area contributed by atoms with Crippen molar-refractivity contribution in [2.45, 2.75) is 39.6 Å². The van der Waals surface area contributed by atoms with Gasteiger partial charge in [-0.05, 0) is 55.0 Å². The van der Waals surface area contributed by atoms with Gasteiger partial charge in [-0.25, -0.2) is 9.87 Å². The van der Waals surface area contributed by atoms with Crippen LogP contribution in [0.3, 0.4) is 0 Å². The third kappa shape index (κ3) is 8.03. The predicted octanol–water partition coefficient (Wildman–Crippen LogP) is 3.14. The lowest BCUT2D eigenvalue weighted by molar-refractivity contribution is -0.133. The summed E-state index contributed by atoms with van der Waals surface area (Å²) in [7, 11) is 0. The fourth-order valence-corrected chi connectivity index (χ4v) is 3.24. The van der Waals surface area contributed by atoms with E-state index in [1.807, 2.05) is 30.3 Å². The number of hydroxylamine groups is 1. The van der Waals surface area contributed by atoms with Crippen LogP contribution in [0, 0.1) is 17.7 Å². The fraction of sp³-hybridized carbons (Fsp3) is 0.214. The highest BCUT2D eigenvalue weighted by Crippen LogP contribution is 2.09. The van der Waals surface area contributed by atoms with Crippen molar-refractivity contribution < 1.29 is 24.3 Å². The zero-order chi connectivity index (χ0) is 25.2. The maximum Gasteiger partial charge on any atom is 0.268 e. The van der Waals surface area contributed by atoms with Gasteiger partial charge in [0.05, 0.1) is 6.10 Å². The summed E-state index contributed by atoms with van der Waals surface area (Å²) in [5.41, 5.74) is 4.88. The van der Waals surface area contributed by atoms with Crippen molar-refractivity contribution in [1.29, 1.82) is 0 Å². The van der Waals surface area contributed by atoms with E-state index in [9.17, 15) is 19.1 Å². The average Bonchev–Trinajstić information content (AvgIpc) is 2.87. The zero-order valence-electron chi connectivity index (χ0n) is 19.1. The lowest BCUT2D eigenvalue weighted by Gasteiger charge is -2.19. The Labute approximate surface area is 210 Å². The highest BCUT2D eigenvalue weighted by Gasteiger charge is 2.25. The number of aliphatic hydroxyl groups is 1. The maximum absolute atomic E-state index is 13.7. The standard InChI is InChI=1S/C27H26FN3O4.CH4/c1-18(32)25(27(34)31-35)30-26(33)22-14-12-20(13-15-22)7-6-19-8-10-21(11-9-19)16-29-17-23-4-2-3-5-24(23)28;/h2-5,8-15,18,25,29,32,35H,16-17H2,1H3,(H,30,33)(H,31,34);1H4/t18-,25+;/m1./s1. The molecule has 188 valence electrons. The summed E-state index contributed by atoms with van der Waals surface area (Å²) in [5, 5.41) is 24.0. The lowest BCUT2D eigenvalue weighted by Crippen LogP contribution is -2.51. The molecule has 2 atom stereocenters. The Bertz CT molecular complexity index is 1220. The summed E-state index contributed by atoms with van der Waals surface area (Å²) in [4.78, 5) is 23.9. The van der Waals surface area contributed by atoms with Gasteiger partial charge in [-0.2, -0.15) is 0 Å². The van der Waals surface area contributed by atoms with Gasteiger partial charge in [0.25, 0.3) is 11.8 Å². The van der Waals surface area contributed by atoms with Crippen molar-refractivity contribution in [2.75, 3.05) is 0 Å². The Morgan fingerprint density at radius 1 is 0.917 bits per heavy atom. The van der Waals surface area contributed by atoms with Crippen LogP contribution in [-0.4, -0.2) is 34.3 Å². The quantitative estimate of drug-likeness (QED) is 0.189. The molecule has 0 aromatic heterocycles. The van der Waals surface area contributed by atoms with E-state index in [1.54, 1.807) is 36.4 Å². The zero-order valence-corrected chi connectivity index (χ0v) is 19.1. The Hall–Kier alpha value is -4.03. The molecule has 0 aliphatic heterocycles. The third-order valence-electron chi connectivity index (χ3n) is 5.22. The molecule has 3 aromatic carbocycles. The Balaban J connectivity index is 0.00000456. The normalized spacial score (nSPS) is 11.8. The van der Waals surface area contributed by atoms with E-state index in [2.05, 4.69) is 22.5 Å². The van der Waals surface area contributed by atoms with Crippen LogP contribution in [0.4, 0.5) is 4.39 Å². The first-order valence-corrected chi connectivity index (χ1v) is 11.0. The fourth-order valence-electron chi connectivity index (χ4n) is 3.24. The lowest BCUT2D eigenvalue weighted by atomic mass is 10.1. The molecule has 0 radical (unpaired) electrons. The number of rotatable bonds is 8. The monoisotopic (exact) mass is 491 g/mol. The van der Waals surface area contributed by atoms with Gasteiger partial charge >= 0.3 is 0 Å². The number of carbonyl (C=O) groups is 2. The molecular formula is C28H30FN3O4. The van der Waals surface area contributed by atoms with Gasteiger partial charge in [0, 0.05) is 35.3 Å². The van der Waals surface area contributed by atoms with Crippen molar-refractivity contribution in [3.8, 4) is 11.8 Å². The minimum Gasteiger partial charge on any atom is -0.391 e. The molecule has 0 saturated heterocycles. The van der Waals surface area contributed by atoms with Crippen LogP contribution >= 0.6 is 0 Å². The number of hydrogen-bond donors (Lipinski definition) is 5. The first-order chi connectivity index (χ1) is 16.9. The van der Waals surface area contributed by atoms with E-state index in [4.69, 9.17) is 5.21 Å². The molecule has 0 bridgehead atoms. The summed E-state index contributed by atoms with van der Waals surface area (Å²) in [5.74, 6) is 4.38. The topological polar surface area (TPSA) is 111 Å². The molecule has 0 aliphatic carbocycles. The number of hydrogen-bond acceptors (Lipinski definition) is 5. The van der Waals surface area contributed by atoms with E-state index in [0.717, 1.165) is 11.1 Å². The number of benzene rings is 3. The molecule has 0 saturated carbocycles. The van der Waals surface area contributed by atoms with E-state index in [-0.39, 0.29) is 18.8 Å². The highest BCUT2D eigenvalue weighted by molar-refractivity contribution is 5.97. The van der Waals surface area contributed by atoms with Crippen LogP contribution in [0.2, 0.25) is 0 Å². The van der Waals surface area contributed by atoms with Gasteiger partial charge in [0.15, 0.2) is 0 Å². The van der Waals surface area contributed by atoms with Gasteiger partial charge < -0.3 is 15.7 Å². The number of halogens is 1. The molecule has 0 unspecified atom stereocenters. The molecule has 7 nitrogen and oxygen atoms in total. The Morgan fingerprint density at radius 3 is 2.06 bits per heavy atom. The van der Waals surface area contributed by atoms with E-state index in [0.29, 0.717) is 24.2 Å². The number of nitrogens with one attached hydrogen (secondary N) is 3. The predicted molar refractivity (Wildman–Crippen MR) is 135 cm³/mol. The van der Waals surface area contributed by atoms with Crippen molar-refractivity contribution in [3.05, 3.63) is 106 Å². The van der Waals surface area contributed by atoms with Crippen molar-refractivity contribution >= 4 is 11.8 Å². The first kappa shape index (κ1) is 28.2. The molecular weight excluding hydrogens is 461 g/mol. The van der Waals surface area contributed by atoms with Gasteiger partial charge in [-0.3, -0.25) is 14.8 Å². The van der Waals surface area contributed by atoms with Crippen LogP contribution in [0.5, 0.6) is 0 Å². The van der Waals surface area contributed by atoms with Crippen LogP contribution in [0.25, 0.3) is 0 Å². The van der Waals surface area contributed by atoms with Crippen molar-refractivity contribution in [1.82, 2.24) is 16.1 Å². The number of carbonyl (C=O) groups excluding carboxylic acids is 2.